The molecule has 1 aromatic carbocycles. The summed E-state index contributed by atoms with van der Waals surface area (Å²) in [6.45, 7) is 6.57. The molecular formula is C18H22N2O2S. The van der Waals surface area contributed by atoms with Crippen molar-refractivity contribution in [2.75, 3.05) is 25.1 Å². The summed E-state index contributed by atoms with van der Waals surface area (Å²) in [6, 6.07) is 11.9. The number of thiophene rings is 1. The molecule has 2 aromatic rings. The Labute approximate surface area is 141 Å². The number of ether oxygens (including phenoxy) is 1. The number of aryl methyl sites for hydroxylation is 1. The lowest BCUT2D eigenvalue weighted by atomic mass is 10.1. The first kappa shape index (κ1) is 16.0. The predicted octanol–water partition coefficient (Wildman–Crippen LogP) is 3.30. The Balaban J connectivity index is 1.70. The third kappa shape index (κ3) is 3.41. The molecule has 0 saturated carbocycles. The highest BCUT2D eigenvalue weighted by molar-refractivity contribution is 7.11. The van der Waals surface area contributed by atoms with Gasteiger partial charge in [-0.2, -0.15) is 0 Å². The summed E-state index contributed by atoms with van der Waals surface area (Å²) in [4.78, 5) is 19.5. The number of nitrogens with zero attached hydrogens (tertiary/aromatic N) is 2. The van der Waals surface area contributed by atoms with E-state index < -0.39 is 0 Å². The summed E-state index contributed by atoms with van der Waals surface area (Å²) in [6.07, 6.45) is 0. The van der Waals surface area contributed by atoms with Crippen LogP contribution in [0.3, 0.4) is 0 Å². The lowest BCUT2D eigenvalue weighted by Gasteiger charge is -2.39. The van der Waals surface area contributed by atoms with Gasteiger partial charge >= 0.3 is 0 Å². The number of piperazine rings is 1. The number of hydrogen-bond acceptors (Lipinski definition) is 4. The van der Waals surface area contributed by atoms with Crippen LogP contribution in [0.2, 0.25) is 0 Å². The summed E-state index contributed by atoms with van der Waals surface area (Å²) < 4.78 is 5.18. The average molecular weight is 330 g/mol. The number of hydrogen-bond donors (Lipinski definition) is 0. The standard InChI is InChI=1S/C18H22N2O2S/c1-13-4-9-17(23-13)12-19-10-11-20(18(21)14(19)2)15-5-7-16(22-3)8-6-15/h4-9,14H,10-12H2,1-3H3. The molecule has 1 aliphatic rings. The van der Waals surface area contributed by atoms with Crippen molar-refractivity contribution in [3.63, 3.8) is 0 Å². The van der Waals surface area contributed by atoms with Gasteiger partial charge in [0.15, 0.2) is 0 Å². The zero-order chi connectivity index (χ0) is 16.4. The van der Waals surface area contributed by atoms with E-state index in [2.05, 4.69) is 24.0 Å². The van der Waals surface area contributed by atoms with E-state index >= 15 is 0 Å². The first-order valence-corrected chi connectivity index (χ1v) is 8.65. The van der Waals surface area contributed by atoms with Crippen molar-refractivity contribution in [1.82, 2.24) is 4.90 Å². The SMILES string of the molecule is COc1ccc(N2CCN(Cc3ccc(C)s3)C(C)C2=O)cc1. The molecule has 0 aliphatic carbocycles. The minimum atomic E-state index is -0.103. The summed E-state index contributed by atoms with van der Waals surface area (Å²) in [7, 11) is 1.65. The van der Waals surface area contributed by atoms with Crippen LogP contribution in [0.25, 0.3) is 0 Å². The lowest BCUT2D eigenvalue weighted by Crippen LogP contribution is -2.55. The Bertz CT molecular complexity index is 681. The molecule has 4 nitrogen and oxygen atoms in total. The van der Waals surface area contributed by atoms with Crippen molar-refractivity contribution in [3.05, 3.63) is 46.2 Å². The van der Waals surface area contributed by atoms with Gasteiger partial charge in [-0.05, 0) is 50.2 Å². The smallest absolute Gasteiger partial charge is 0.244 e. The predicted molar refractivity (Wildman–Crippen MR) is 94.3 cm³/mol. The Morgan fingerprint density at radius 3 is 2.52 bits per heavy atom. The molecular weight excluding hydrogens is 308 g/mol. The molecule has 1 unspecified atom stereocenters. The summed E-state index contributed by atoms with van der Waals surface area (Å²) >= 11 is 1.81. The first-order chi connectivity index (χ1) is 11.1. The molecule has 1 fully saturated rings. The van der Waals surface area contributed by atoms with Gasteiger partial charge in [0, 0.05) is 35.1 Å². The van der Waals surface area contributed by atoms with E-state index in [0.717, 1.165) is 31.1 Å². The van der Waals surface area contributed by atoms with Gasteiger partial charge in [0.05, 0.1) is 13.2 Å². The maximum Gasteiger partial charge on any atom is 0.244 e. The first-order valence-electron chi connectivity index (χ1n) is 7.83. The molecule has 1 aliphatic heterocycles. The molecule has 0 bridgehead atoms. The van der Waals surface area contributed by atoms with E-state index in [1.165, 1.54) is 9.75 Å². The normalized spacial score (nSPS) is 19.2. The Hall–Kier alpha value is -1.85. The van der Waals surface area contributed by atoms with E-state index in [-0.39, 0.29) is 11.9 Å². The molecule has 1 aromatic heterocycles. The highest BCUT2D eigenvalue weighted by Gasteiger charge is 2.32. The monoisotopic (exact) mass is 330 g/mol. The van der Waals surface area contributed by atoms with Gasteiger partial charge in [-0.3, -0.25) is 9.69 Å². The second-order valence-electron chi connectivity index (χ2n) is 5.85. The molecule has 1 saturated heterocycles. The molecule has 0 spiro atoms. The van der Waals surface area contributed by atoms with E-state index in [1.807, 2.05) is 36.1 Å². The maximum atomic E-state index is 12.7. The van der Waals surface area contributed by atoms with Crippen molar-refractivity contribution in [3.8, 4) is 5.75 Å². The fourth-order valence-electron chi connectivity index (χ4n) is 2.92. The molecule has 2 heterocycles. The number of carbonyl (C=O) groups is 1. The second kappa shape index (κ2) is 6.72. The van der Waals surface area contributed by atoms with Gasteiger partial charge in [0.25, 0.3) is 0 Å². The van der Waals surface area contributed by atoms with Crippen LogP contribution < -0.4 is 9.64 Å². The molecule has 3 rings (SSSR count). The van der Waals surface area contributed by atoms with Crippen molar-refractivity contribution in [2.45, 2.75) is 26.4 Å². The van der Waals surface area contributed by atoms with Crippen LogP contribution in [-0.4, -0.2) is 37.0 Å². The lowest BCUT2D eigenvalue weighted by molar-refractivity contribution is -0.125. The summed E-state index contributed by atoms with van der Waals surface area (Å²) in [5.41, 5.74) is 0.939. The van der Waals surface area contributed by atoms with Gasteiger partial charge in [-0.1, -0.05) is 0 Å². The fourth-order valence-corrected chi connectivity index (χ4v) is 3.83. The van der Waals surface area contributed by atoms with Crippen LogP contribution in [0.5, 0.6) is 5.75 Å². The quantitative estimate of drug-likeness (QED) is 0.862. The van der Waals surface area contributed by atoms with Gasteiger partial charge in [0.1, 0.15) is 5.75 Å². The van der Waals surface area contributed by atoms with Crippen molar-refractivity contribution >= 4 is 22.9 Å². The van der Waals surface area contributed by atoms with E-state index in [4.69, 9.17) is 4.74 Å². The summed E-state index contributed by atoms with van der Waals surface area (Å²) in [5.74, 6) is 0.968. The van der Waals surface area contributed by atoms with Crippen LogP contribution >= 0.6 is 11.3 Å². The highest BCUT2D eigenvalue weighted by Crippen LogP contribution is 2.25. The minimum absolute atomic E-state index is 0.103. The molecule has 122 valence electrons. The second-order valence-corrected chi connectivity index (χ2v) is 7.22. The third-order valence-electron chi connectivity index (χ3n) is 4.32. The topological polar surface area (TPSA) is 32.8 Å². The maximum absolute atomic E-state index is 12.7. The highest BCUT2D eigenvalue weighted by atomic mass is 32.1. The summed E-state index contributed by atoms with van der Waals surface area (Å²) in [5, 5.41) is 0. The van der Waals surface area contributed by atoms with E-state index in [1.54, 1.807) is 18.4 Å². The zero-order valence-electron chi connectivity index (χ0n) is 13.8. The van der Waals surface area contributed by atoms with Gasteiger partial charge in [0.2, 0.25) is 5.91 Å². The minimum Gasteiger partial charge on any atom is -0.497 e. The van der Waals surface area contributed by atoms with E-state index in [9.17, 15) is 4.79 Å². The van der Waals surface area contributed by atoms with E-state index in [0.29, 0.717) is 0 Å². The van der Waals surface area contributed by atoms with Crippen LogP contribution in [-0.2, 0) is 11.3 Å². The van der Waals surface area contributed by atoms with Gasteiger partial charge in [-0.25, -0.2) is 0 Å². The molecule has 0 N–H and O–H groups in total. The van der Waals surface area contributed by atoms with Crippen LogP contribution in [0.15, 0.2) is 36.4 Å². The Morgan fingerprint density at radius 2 is 1.91 bits per heavy atom. The molecule has 5 heteroatoms. The van der Waals surface area contributed by atoms with Crippen molar-refractivity contribution < 1.29 is 9.53 Å². The Morgan fingerprint density at radius 1 is 1.17 bits per heavy atom. The Kier molecular flexibility index (Phi) is 4.68. The number of benzene rings is 1. The fraction of sp³-hybridized carbons (Fsp3) is 0.389. The molecule has 23 heavy (non-hydrogen) atoms. The van der Waals surface area contributed by atoms with Crippen LogP contribution in [0.4, 0.5) is 5.69 Å². The van der Waals surface area contributed by atoms with Crippen LogP contribution in [0.1, 0.15) is 16.7 Å². The average Bonchev–Trinajstić information content (AvgIpc) is 2.97. The van der Waals surface area contributed by atoms with Gasteiger partial charge < -0.3 is 9.64 Å². The van der Waals surface area contributed by atoms with Crippen LogP contribution in [0, 0.1) is 6.92 Å². The number of methoxy groups -OCH3 is 1. The molecule has 1 amide bonds. The molecule has 1 atom stereocenters. The largest absolute Gasteiger partial charge is 0.497 e. The number of amides is 1. The number of rotatable bonds is 4. The van der Waals surface area contributed by atoms with Gasteiger partial charge in [-0.15, -0.1) is 11.3 Å². The third-order valence-corrected chi connectivity index (χ3v) is 5.31. The number of carbonyl (C=O) groups excluding carboxylic acids is 1. The number of anilines is 1. The van der Waals surface area contributed by atoms with Crippen molar-refractivity contribution in [2.24, 2.45) is 0 Å². The molecule has 0 radical (unpaired) electrons. The van der Waals surface area contributed by atoms with Crippen molar-refractivity contribution in [1.29, 1.82) is 0 Å². The zero-order valence-corrected chi connectivity index (χ0v) is 14.6.